The van der Waals surface area contributed by atoms with Crippen LogP contribution in [0.1, 0.15) is 51.3 Å². The molecule has 0 aliphatic carbocycles. The van der Waals surface area contributed by atoms with Crippen LogP contribution in [0.5, 0.6) is 0 Å². The van der Waals surface area contributed by atoms with E-state index in [0.717, 1.165) is 49.4 Å². The third kappa shape index (κ3) is 5.73. The SMILES string of the molecule is C=CC(=O)N1CCN(C2CN3c4cc(N5CC6(C5)OCC(CF)N/C6=C(/C)CN)nc(C(F)F)c4CCCC23)CC1.CC. The van der Waals surface area contributed by atoms with E-state index in [1.165, 1.54) is 6.08 Å². The molecule has 6 heterocycles. The van der Waals surface area contributed by atoms with E-state index in [2.05, 4.69) is 26.7 Å². The molecule has 5 aliphatic rings. The Hall–Kier alpha value is -2.83. The van der Waals surface area contributed by atoms with Gasteiger partial charge < -0.3 is 30.5 Å². The van der Waals surface area contributed by atoms with Crippen molar-refractivity contribution in [3.8, 4) is 0 Å². The maximum Gasteiger partial charge on any atom is 0.280 e. The summed E-state index contributed by atoms with van der Waals surface area (Å²) in [4.78, 5) is 25.0. The molecule has 43 heavy (non-hydrogen) atoms. The first kappa shape index (κ1) is 31.6. The number of hydrogen-bond donors (Lipinski definition) is 2. The Kier molecular flexibility index (Phi) is 9.58. The lowest BCUT2D eigenvalue weighted by atomic mass is 9.85. The van der Waals surface area contributed by atoms with Crippen LogP contribution in [0.15, 0.2) is 30.0 Å². The number of nitrogens with two attached hydrogens (primary N) is 1. The van der Waals surface area contributed by atoms with Gasteiger partial charge in [-0.25, -0.2) is 18.2 Å². The zero-order chi connectivity index (χ0) is 30.9. The lowest BCUT2D eigenvalue weighted by Gasteiger charge is -2.56. The zero-order valence-electron chi connectivity index (χ0n) is 25.6. The number of nitrogens with zero attached hydrogens (tertiary/aromatic N) is 5. The molecule has 4 saturated heterocycles. The molecule has 3 atom stereocenters. The number of halogens is 3. The second-order valence-corrected chi connectivity index (χ2v) is 11.9. The van der Waals surface area contributed by atoms with Crippen molar-refractivity contribution in [2.75, 3.05) is 75.4 Å². The molecule has 1 amide bonds. The third-order valence-electron chi connectivity index (χ3n) is 9.56. The van der Waals surface area contributed by atoms with Crippen LogP contribution in [0.25, 0.3) is 0 Å². The van der Waals surface area contributed by atoms with Gasteiger partial charge in [-0.1, -0.05) is 20.4 Å². The summed E-state index contributed by atoms with van der Waals surface area (Å²) in [5.41, 5.74) is 8.33. The van der Waals surface area contributed by atoms with Gasteiger partial charge in [0.05, 0.1) is 25.7 Å². The number of fused-ring (bicyclic) bond motifs is 3. The average Bonchev–Trinajstić information content (AvgIpc) is 3.15. The van der Waals surface area contributed by atoms with Crippen molar-refractivity contribution < 1.29 is 22.7 Å². The number of carbonyl (C=O) groups is 1. The largest absolute Gasteiger partial charge is 0.378 e. The molecule has 0 radical (unpaired) electrons. The molecule has 0 saturated carbocycles. The summed E-state index contributed by atoms with van der Waals surface area (Å²) < 4.78 is 48.4. The number of aromatic nitrogens is 1. The second kappa shape index (κ2) is 13.0. The van der Waals surface area contributed by atoms with Gasteiger partial charge in [-0.15, -0.1) is 0 Å². The predicted molar refractivity (Wildman–Crippen MR) is 162 cm³/mol. The quantitative estimate of drug-likeness (QED) is 0.479. The van der Waals surface area contributed by atoms with Gasteiger partial charge in [0, 0.05) is 74.4 Å². The topological polar surface area (TPSA) is 90.2 Å². The number of amides is 1. The van der Waals surface area contributed by atoms with E-state index in [0.29, 0.717) is 56.6 Å². The molecule has 238 valence electrons. The van der Waals surface area contributed by atoms with Crippen molar-refractivity contribution in [1.82, 2.24) is 20.1 Å². The molecule has 12 heteroatoms. The fourth-order valence-electron chi connectivity index (χ4n) is 7.21. The second-order valence-electron chi connectivity index (χ2n) is 11.9. The lowest BCUT2D eigenvalue weighted by Crippen LogP contribution is -2.71. The summed E-state index contributed by atoms with van der Waals surface area (Å²) >= 11 is 0. The van der Waals surface area contributed by atoms with Crippen LogP contribution in [-0.2, 0) is 16.0 Å². The minimum absolute atomic E-state index is 0.0342. The highest BCUT2D eigenvalue weighted by Gasteiger charge is 2.52. The monoisotopic (exact) mass is 605 g/mol. The van der Waals surface area contributed by atoms with Crippen LogP contribution in [0.3, 0.4) is 0 Å². The fraction of sp³-hybridized carbons (Fsp3) is 0.677. The fourth-order valence-corrected chi connectivity index (χ4v) is 7.21. The molecule has 1 spiro atoms. The summed E-state index contributed by atoms with van der Waals surface area (Å²) in [6.45, 7) is 14.1. The van der Waals surface area contributed by atoms with Crippen molar-refractivity contribution in [3.05, 3.63) is 41.2 Å². The molecular weight excluding hydrogens is 559 g/mol. The summed E-state index contributed by atoms with van der Waals surface area (Å²) in [7, 11) is 0. The van der Waals surface area contributed by atoms with Crippen molar-refractivity contribution in [2.45, 2.75) is 70.2 Å². The Bertz CT molecular complexity index is 1210. The Morgan fingerprint density at radius 3 is 2.60 bits per heavy atom. The van der Waals surface area contributed by atoms with E-state index in [4.69, 9.17) is 10.5 Å². The Balaban J connectivity index is 0.00000180. The van der Waals surface area contributed by atoms with Crippen LogP contribution >= 0.6 is 0 Å². The van der Waals surface area contributed by atoms with Crippen LogP contribution in [0.2, 0.25) is 0 Å². The molecular formula is C31H46F3N7O2. The van der Waals surface area contributed by atoms with Gasteiger partial charge in [-0.3, -0.25) is 9.69 Å². The molecule has 4 fully saturated rings. The number of nitrogens with one attached hydrogen (secondary N) is 1. The van der Waals surface area contributed by atoms with Crippen molar-refractivity contribution in [3.63, 3.8) is 0 Å². The van der Waals surface area contributed by atoms with Gasteiger partial charge in [0.25, 0.3) is 6.43 Å². The smallest absolute Gasteiger partial charge is 0.280 e. The first-order valence-corrected chi connectivity index (χ1v) is 15.6. The maximum atomic E-state index is 14.4. The Morgan fingerprint density at radius 1 is 1.26 bits per heavy atom. The number of alkyl halides is 3. The van der Waals surface area contributed by atoms with Gasteiger partial charge in [-0.2, -0.15) is 0 Å². The molecule has 0 aromatic carbocycles. The first-order valence-electron chi connectivity index (χ1n) is 15.6. The van der Waals surface area contributed by atoms with Crippen LogP contribution in [0, 0.1) is 0 Å². The number of rotatable bonds is 6. The number of hydrogen-bond acceptors (Lipinski definition) is 8. The highest BCUT2D eigenvalue weighted by molar-refractivity contribution is 5.87. The van der Waals surface area contributed by atoms with Crippen LogP contribution in [0.4, 0.5) is 24.7 Å². The molecule has 3 unspecified atom stereocenters. The lowest BCUT2D eigenvalue weighted by molar-refractivity contribution is -0.128. The van der Waals surface area contributed by atoms with Crippen molar-refractivity contribution in [2.24, 2.45) is 5.73 Å². The number of carbonyl (C=O) groups excluding carboxylic acids is 1. The number of piperazine rings is 1. The Morgan fingerprint density at radius 2 is 1.98 bits per heavy atom. The third-order valence-corrected chi connectivity index (χ3v) is 9.56. The van der Waals surface area contributed by atoms with E-state index < -0.39 is 24.7 Å². The first-order chi connectivity index (χ1) is 20.8. The van der Waals surface area contributed by atoms with E-state index in [1.807, 2.05) is 36.6 Å². The molecule has 1 aromatic heterocycles. The minimum Gasteiger partial charge on any atom is -0.378 e. The standard InChI is InChI=1S/C29H40F3N7O2.C2H6/c1-3-25(40)37-9-7-36(8-10-37)23-14-39-21(23)6-4-5-20-22(39)11-24(35-26(20)28(31)32)38-16-29(17-38)27(18(2)13-33)34-19(12-30)15-41-29;1-2/h3,11,19,21,23,28,34H,1,4-10,12-17,33H2,2H3;1-2H3/b27-18-;. The number of morpholine rings is 1. The normalized spacial score (nSPS) is 27.5. The van der Waals surface area contributed by atoms with Crippen LogP contribution in [-0.4, -0.2) is 110 Å². The molecule has 6 rings (SSSR count). The number of ether oxygens (including phenoxy) is 1. The van der Waals surface area contributed by atoms with Gasteiger partial charge in [0.2, 0.25) is 5.91 Å². The summed E-state index contributed by atoms with van der Waals surface area (Å²) in [5, 5.41) is 3.27. The van der Waals surface area contributed by atoms with Crippen LogP contribution < -0.4 is 20.9 Å². The minimum atomic E-state index is -2.67. The summed E-state index contributed by atoms with van der Waals surface area (Å²) in [6, 6.07) is 2.12. The summed E-state index contributed by atoms with van der Waals surface area (Å²) in [6.07, 6.45) is 1.03. The van der Waals surface area contributed by atoms with Gasteiger partial charge in [-0.05, 0) is 37.8 Å². The van der Waals surface area contributed by atoms with E-state index >= 15 is 0 Å². The predicted octanol–water partition coefficient (Wildman–Crippen LogP) is 3.02. The maximum absolute atomic E-state index is 14.4. The molecule has 9 nitrogen and oxygen atoms in total. The van der Waals surface area contributed by atoms with Gasteiger partial charge in [0.1, 0.15) is 23.8 Å². The average molecular weight is 606 g/mol. The molecule has 1 aromatic rings. The zero-order valence-corrected chi connectivity index (χ0v) is 25.6. The van der Waals surface area contributed by atoms with E-state index in [-0.39, 0.29) is 24.2 Å². The van der Waals surface area contributed by atoms with Gasteiger partial charge in [0.15, 0.2) is 0 Å². The van der Waals surface area contributed by atoms with Gasteiger partial charge >= 0.3 is 0 Å². The highest BCUT2D eigenvalue weighted by Crippen LogP contribution is 2.45. The molecule has 0 bridgehead atoms. The Labute approximate surface area is 252 Å². The molecule has 5 aliphatic heterocycles. The van der Waals surface area contributed by atoms with Crippen molar-refractivity contribution >= 4 is 17.4 Å². The number of anilines is 2. The number of pyridine rings is 1. The van der Waals surface area contributed by atoms with Crippen molar-refractivity contribution in [1.29, 1.82) is 0 Å². The van der Waals surface area contributed by atoms with E-state index in [1.54, 1.807) is 0 Å². The highest BCUT2D eigenvalue weighted by atomic mass is 19.3. The van der Waals surface area contributed by atoms with E-state index in [9.17, 15) is 18.0 Å². The molecule has 3 N–H and O–H groups in total. The summed E-state index contributed by atoms with van der Waals surface area (Å²) in [5.74, 6) is 0.486.